The zero-order valence-electron chi connectivity index (χ0n) is 15.8. The molecule has 5 rings (SSSR count). The van der Waals surface area contributed by atoms with E-state index in [1.165, 1.54) is 15.3 Å². The summed E-state index contributed by atoms with van der Waals surface area (Å²) in [4.78, 5) is 14.6. The van der Waals surface area contributed by atoms with Gasteiger partial charge >= 0.3 is 0 Å². The molecule has 1 aliphatic heterocycles. The van der Waals surface area contributed by atoms with Gasteiger partial charge in [0, 0.05) is 39.6 Å². The number of aryl methyl sites for hydroxylation is 1. The molecule has 1 atom stereocenters. The number of hydrogen-bond donors (Lipinski definition) is 1. The molecule has 1 aliphatic rings. The van der Waals surface area contributed by atoms with Crippen molar-refractivity contribution >= 4 is 28.1 Å². The van der Waals surface area contributed by atoms with Crippen molar-refractivity contribution in [2.45, 2.75) is 19.9 Å². The van der Waals surface area contributed by atoms with Gasteiger partial charge in [-0.3, -0.25) is 10.1 Å². The van der Waals surface area contributed by atoms with Crippen molar-refractivity contribution in [1.29, 1.82) is 0 Å². The minimum absolute atomic E-state index is 0.281. The lowest BCUT2D eigenvalue weighted by Gasteiger charge is -2.34. The van der Waals surface area contributed by atoms with Gasteiger partial charge in [0.1, 0.15) is 17.0 Å². The minimum Gasteiger partial charge on any atom is -0.377 e. The van der Waals surface area contributed by atoms with Crippen LogP contribution in [0.4, 0.5) is 5.82 Å². The maximum absolute atomic E-state index is 5.63. The van der Waals surface area contributed by atoms with E-state index in [0.717, 1.165) is 41.3 Å². The van der Waals surface area contributed by atoms with Crippen LogP contribution in [0.2, 0.25) is 0 Å². The number of morpholine rings is 1. The molecule has 1 unspecified atom stereocenters. The molecular weight excluding hydrogens is 370 g/mol. The van der Waals surface area contributed by atoms with Gasteiger partial charge in [0.2, 0.25) is 0 Å². The third-order valence-electron chi connectivity index (χ3n) is 5.14. The zero-order valence-corrected chi connectivity index (χ0v) is 16.7. The molecule has 6 nitrogen and oxygen atoms in total. The highest BCUT2D eigenvalue weighted by Crippen LogP contribution is 2.38. The number of fused-ring (bicyclic) bond motifs is 1. The predicted octanol–water partition coefficient (Wildman–Crippen LogP) is 4.28. The van der Waals surface area contributed by atoms with Crippen molar-refractivity contribution in [3.05, 3.63) is 47.6 Å². The summed E-state index contributed by atoms with van der Waals surface area (Å²) in [7, 11) is 0. The highest BCUT2D eigenvalue weighted by atomic mass is 32.1. The van der Waals surface area contributed by atoms with Crippen molar-refractivity contribution in [3.8, 4) is 21.8 Å². The highest BCUT2D eigenvalue weighted by Gasteiger charge is 2.23. The molecule has 28 heavy (non-hydrogen) atoms. The van der Waals surface area contributed by atoms with E-state index in [4.69, 9.17) is 9.72 Å². The lowest BCUT2D eigenvalue weighted by Crippen LogP contribution is -2.44. The Hall–Kier alpha value is -2.77. The molecule has 0 spiro atoms. The Morgan fingerprint density at radius 3 is 2.89 bits per heavy atom. The number of rotatable bonds is 3. The lowest BCUT2D eigenvalue weighted by atomic mass is 10.1. The normalized spacial score (nSPS) is 17.4. The van der Waals surface area contributed by atoms with Gasteiger partial charge in [-0.2, -0.15) is 5.10 Å². The molecule has 7 heteroatoms. The molecule has 0 radical (unpaired) electrons. The Kier molecular flexibility index (Phi) is 4.33. The monoisotopic (exact) mass is 391 g/mol. The summed E-state index contributed by atoms with van der Waals surface area (Å²) < 4.78 is 5.63. The fraction of sp³-hybridized carbons (Fsp3) is 0.286. The predicted molar refractivity (Wildman–Crippen MR) is 113 cm³/mol. The molecule has 1 saturated heterocycles. The van der Waals surface area contributed by atoms with Crippen LogP contribution in [0.15, 0.2) is 42.7 Å². The Balaban J connectivity index is 1.78. The molecule has 0 aliphatic carbocycles. The molecule has 4 aromatic rings. The molecule has 4 aromatic heterocycles. The minimum atomic E-state index is 0.281. The molecule has 0 aromatic carbocycles. The lowest BCUT2D eigenvalue weighted by molar-refractivity contribution is 0.0986. The molecule has 1 N–H and O–H groups in total. The van der Waals surface area contributed by atoms with Crippen LogP contribution >= 0.6 is 11.3 Å². The van der Waals surface area contributed by atoms with E-state index in [9.17, 15) is 0 Å². The topological polar surface area (TPSA) is 66.9 Å². The van der Waals surface area contributed by atoms with E-state index in [2.05, 4.69) is 58.2 Å². The van der Waals surface area contributed by atoms with E-state index in [1.807, 2.05) is 12.3 Å². The maximum Gasteiger partial charge on any atom is 0.130 e. The van der Waals surface area contributed by atoms with Crippen LogP contribution < -0.4 is 4.90 Å². The number of nitrogens with one attached hydrogen (secondary N) is 1. The standard InChI is InChI=1S/C21H21N5OS/c1-13-12-27-10-9-26(13)19-11-16(18-4-3-14(2)28-18)15-5-7-22-21(20(15)24-19)17-6-8-23-25-17/h3-8,11,13H,9-10,12H2,1-2H3,(H,23,25). The summed E-state index contributed by atoms with van der Waals surface area (Å²) in [5.41, 5.74) is 3.79. The summed E-state index contributed by atoms with van der Waals surface area (Å²) in [6, 6.07) is 10.8. The van der Waals surface area contributed by atoms with E-state index in [1.54, 1.807) is 17.5 Å². The first-order valence-electron chi connectivity index (χ1n) is 9.41. The van der Waals surface area contributed by atoms with E-state index < -0.39 is 0 Å². The van der Waals surface area contributed by atoms with Gasteiger partial charge in [-0.05, 0) is 44.2 Å². The Morgan fingerprint density at radius 2 is 2.14 bits per heavy atom. The van der Waals surface area contributed by atoms with Gasteiger partial charge in [-0.1, -0.05) is 0 Å². The van der Waals surface area contributed by atoms with Crippen molar-refractivity contribution in [2.75, 3.05) is 24.7 Å². The smallest absolute Gasteiger partial charge is 0.130 e. The fourth-order valence-corrected chi connectivity index (χ4v) is 4.62. The zero-order chi connectivity index (χ0) is 19.1. The van der Waals surface area contributed by atoms with Crippen LogP contribution in [0.3, 0.4) is 0 Å². The second kappa shape index (κ2) is 7.00. The number of anilines is 1. The third kappa shape index (κ3) is 2.96. The van der Waals surface area contributed by atoms with Gasteiger partial charge in [-0.15, -0.1) is 11.3 Å². The highest BCUT2D eigenvalue weighted by molar-refractivity contribution is 7.15. The molecule has 0 amide bonds. The van der Waals surface area contributed by atoms with Crippen LogP contribution in [0.5, 0.6) is 0 Å². The number of ether oxygens (including phenoxy) is 1. The largest absolute Gasteiger partial charge is 0.377 e. The van der Waals surface area contributed by atoms with Gasteiger partial charge in [0.25, 0.3) is 0 Å². The summed E-state index contributed by atoms with van der Waals surface area (Å²) in [6.07, 6.45) is 3.59. The van der Waals surface area contributed by atoms with Crippen LogP contribution in [0.1, 0.15) is 11.8 Å². The van der Waals surface area contributed by atoms with Gasteiger partial charge < -0.3 is 9.64 Å². The average Bonchev–Trinajstić information content (AvgIpc) is 3.39. The first-order chi connectivity index (χ1) is 13.7. The summed E-state index contributed by atoms with van der Waals surface area (Å²) >= 11 is 1.80. The van der Waals surface area contributed by atoms with E-state index >= 15 is 0 Å². The quantitative estimate of drug-likeness (QED) is 0.565. The van der Waals surface area contributed by atoms with E-state index in [0.29, 0.717) is 6.61 Å². The van der Waals surface area contributed by atoms with Gasteiger partial charge in [-0.25, -0.2) is 4.98 Å². The molecule has 1 fully saturated rings. The second-order valence-corrected chi connectivity index (χ2v) is 8.37. The van der Waals surface area contributed by atoms with Gasteiger partial charge in [0.15, 0.2) is 0 Å². The van der Waals surface area contributed by atoms with Crippen LogP contribution in [-0.4, -0.2) is 46.0 Å². The fourth-order valence-electron chi connectivity index (χ4n) is 3.72. The van der Waals surface area contributed by atoms with E-state index in [-0.39, 0.29) is 6.04 Å². The first kappa shape index (κ1) is 17.3. The Labute approximate surface area is 167 Å². The number of H-pyrrole nitrogens is 1. The van der Waals surface area contributed by atoms with Crippen molar-refractivity contribution < 1.29 is 4.74 Å². The summed E-state index contributed by atoms with van der Waals surface area (Å²) in [5, 5.41) is 8.23. The van der Waals surface area contributed by atoms with Crippen LogP contribution in [0.25, 0.3) is 32.7 Å². The SMILES string of the molecule is Cc1ccc(-c2cc(N3CCOCC3C)nc3c(-c4ccn[nH]4)nccc23)s1. The Morgan fingerprint density at radius 1 is 1.21 bits per heavy atom. The Bertz CT molecular complexity index is 1120. The number of hydrogen-bond acceptors (Lipinski definition) is 6. The number of aromatic nitrogens is 4. The van der Waals surface area contributed by atoms with Crippen LogP contribution in [0, 0.1) is 6.92 Å². The molecule has 0 bridgehead atoms. The first-order valence-corrected chi connectivity index (χ1v) is 10.2. The second-order valence-electron chi connectivity index (χ2n) is 7.08. The van der Waals surface area contributed by atoms with Crippen molar-refractivity contribution in [2.24, 2.45) is 0 Å². The summed E-state index contributed by atoms with van der Waals surface area (Å²) in [5.74, 6) is 0.970. The van der Waals surface area contributed by atoms with Crippen LogP contribution in [-0.2, 0) is 4.74 Å². The number of thiophene rings is 1. The number of aromatic amines is 1. The van der Waals surface area contributed by atoms with Crippen molar-refractivity contribution in [1.82, 2.24) is 20.2 Å². The molecule has 142 valence electrons. The third-order valence-corrected chi connectivity index (χ3v) is 6.17. The summed E-state index contributed by atoms with van der Waals surface area (Å²) in [6.45, 7) is 6.59. The molecular formula is C21H21N5OS. The molecule has 0 saturated carbocycles. The number of pyridine rings is 2. The van der Waals surface area contributed by atoms with Crippen molar-refractivity contribution in [3.63, 3.8) is 0 Å². The number of nitrogens with zero attached hydrogens (tertiary/aromatic N) is 4. The average molecular weight is 392 g/mol. The maximum atomic E-state index is 5.63. The molecule has 5 heterocycles. The van der Waals surface area contributed by atoms with Gasteiger partial charge in [0.05, 0.1) is 24.9 Å².